The van der Waals surface area contributed by atoms with Gasteiger partial charge >= 0.3 is 0 Å². The van der Waals surface area contributed by atoms with E-state index in [4.69, 9.17) is 0 Å². The number of hydrogen-bond donors (Lipinski definition) is 1. The van der Waals surface area contributed by atoms with Crippen molar-refractivity contribution < 1.29 is 4.39 Å². The van der Waals surface area contributed by atoms with E-state index in [9.17, 15) is 4.39 Å². The first-order valence-electron chi connectivity index (χ1n) is 7.77. The van der Waals surface area contributed by atoms with Crippen molar-refractivity contribution in [2.24, 2.45) is 11.8 Å². The molecule has 1 saturated carbocycles. The zero-order valence-corrected chi connectivity index (χ0v) is 13.4. The summed E-state index contributed by atoms with van der Waals surface area (Å²) in [6.07, 6.45) is 5.36. The molecule has 1 aromatic rings. The van der Waals surface area contributed by atoms with E-state index in [-0.39, 0.29) is 5.82 Å². The Labute approximate surface area is 126 Å². The minimum Gasteiger partial charge on any atom is -0.312 e. The van der Waals surface area contributed by atoms with Crippen molar-refractivity contribution in [2.75, 3.05) is 12.3 Å². The molecule has 1 aromatic carbocycles. The lowest BCUT2D eigenvalue weighted by molar-refractivity contribution is 0.548. The van der Waals surface area contributed by atoms with Crippen LogP contribution in [0.3, 0.4) is 0 Å². The maximum atomic E-state index is 14.1. The number of rotatable bonds is 7. The van der Waals surface area contributed by atoms with Crippen LogP contribution in [0.1, 0.15) is 45.1 Å². The predicted molar refractivity (Wildman–Crippen MR) is 85.6 cm³/mol. The number of nitrogens with one attached hydrogen (secondary N) is 1. The third-order valence-corrected chi connectivity index (χ3v) is 5.11. The van der Waals surface area contributed by atoms with Gasteiger partial charge in [-0.05, 0) is 48.9 Å². The van der Waals surface area contributed by atoms with Crippen LogP contribution >= 0.6 is 11.8 Å². The molecule has 0 heterocycles. The van der Waals surface area contributed by atoms with E-state index in [2.05, 4.69) is 19.2 Å². The molecule has 0 radical (unpaired) electrons. The highest BCUT2D eigenvalue weighted by Gasteiger charge is 2.16. The molecule has 3 heteroatoms. The molecule has 0 bridgehead atoms. The Balaban J connectivity index is 1.81. The van der Waals surface area contributed by atoms with Crippen molar-refractivity contribution in [3.63, 3.8) is 0 Å². The van der Waals surface area contributed by atoms with Crippen LogP contribution in [0.4, 0.5) is 4.39 Å². The van der Waals surface area contributed by atoms with Gasteiger partial charge in [-0.15, -0.1) is 11.8 Å². The van der Waals surface area contributed by atoms with Crippen molar-refractivity contribution in [1.82, 2.24) is 5.32 Å². The van der Waals surface area contributed by atoms with Crippen LogP contribution in [0, 0.1) is 17.7 Å². The second kappa shape index (κ2) is 8.04. The fourth-order valence-corrected chi connectivity index (χ4v) is 3.77. The van der Waals surface area contributed by atoms with E-state index < -0.39 is 0 Å². The summed E-state index contributed by atoms with van der Waals surface area (Å²) in [4.78, 5) is 0.810. The quantitative estimate of drug-likeness (QED) is 0.721. The first-order chi connectivity index (χ1) is 9.65. The molecular formula is C17H26FNS. The highest BCUT2D eigenvalue weighted by atomic mass is 32.2. The third kappa shape index (κ3) is 5.10. The molecule has 1 nitrogen and oxygen atoms in total. The summed E-state index contributed by atoms with van der Waals surface area (Å²) in [6.45, 7) is 6.08. The van der Waals surface area contributed by atoms with Gasteiger partial charge in [-0.3, -0.25) is 0 Å². The zero-order valence-electron chi connectivity index (χ0n) is 12.6. The van der Waals surface area contributed by atoms with Gasteiger partial charge in [0.25, 0.3) is 0 Å². The normalized spacial score (nSPS) is 16.2. The predicted octanol–water partition coefficient (Wildman–Crippen LogP) is 4.85. The van der Waals surface area contributed by atoms with Crippen LogP contribution in [-0.2, 0) is 6.54 Å². The summed E-state index contributed by atoms with van der Waals surface area (Å²) < 4.78 is 14.1. The lowest BCUT2D eigenvalue weighted by atomic mass is 10.1. The van der Waals surface area contributed by atoms with Gasteiger partial charge in [0, 0.05) is 17.2 Å². The molecule has 2 rings (SSSR count). The van der Waals surface area contributed by atoms with Gasteiger partial charge in [-0.2, -0.15) is 0 Å². The standard InChI is InChI=1S/C17H26FNS/c1-13(2)10-19-11-15-7-8-17(16(18)9-15)20-12-14-5-3-4-6-14/h7-9,13-14,19H,3-6,10-12H2,1-2H3. The highest BCUT2D eigenvalue weighted by Crippen LogP contribution is 2.32. The molecule has 1 aliphatic carbocycles. The van der Waals surface area contributed by atoms with Crippen molar-refractivity contribution in [1.29, 1.82) is 0 Å². The Hall–Kier alpha value is -0.540. The summed E-state index contributed by atoms with van der Waals surface area (Å²) in [5, 5.41) is 3.35. The van der Waals surface area contributed by atoms with E-state index in [1.165, 1.54) is 25.7 Å². The number of thioether (sulfide) groups is 1. The van der Waals surface area contributed by atoms with Gasteiger partial charge in [-0.25, -0.2) is 4.39 Å². The Morgan fingerprint density at radius 2 is 2.05 bits per heavy atom. The van der Waals surface area contributed by atoms with Gasteiger partial charge < -0.3 is 5.32 Å². The van der Waals surface area contributed by atoms with Gasteiger partial charge in [0.2, 0.25) is 0 Å². The first-order valence-corrected chi connectivity index (χ1v) is 8.75. The van der Waals surface area contributed by atoms with Gasteiger partial charge in [0.1, 0.15) is 5.82 Å². The van der Waals surface area contributed by atoms with Crippen LogP contribution in [-0.4, -0.2) is 12.3 Å². The molecule has 0 aromatic heterocycles. The van der Waals surface area contributed by atoms with Crippen LogP contribution < -0.4 is 5.32 Å². The molecule has 0 atom stereocenters. The summed E-state index contributed by atoms with van der Waals surface area (Å²) in [6, 6.07) is 5.68. The second-order valence-electron chi connectivity index (χ2n) is 6.25. The Morgan fingerprint density at radius 3 is 2.70 bits per heavy atom. The molecule has 112 valence electrons. The zero-order chi connectivity index (χ0) is 14.4. The van der Waals surface area contributed by atoms with E-state index in [0.717, 1.165) is 35.2 Å². The van der Waals surface area contributed by atoms with Crippen LogP contribution in [0.5, 0.6) is 0 Å². The summed E-state index contributed by atoms with van der Waals surface area (Å²) in [5.74, 6) is 2.44. The molecule has 0 amide bonds. The summed E-state index contributed by atoms with van der Waals surface area (Å²) in [7, 11) is 0. The fraction of sp³-hybridized carbons (Fsp3) is 0.647. The van der Waals surface area contributed by atoms with Gasteiger partial charge in [0.05, 0.1) is 0 Å². The average Bonchev–Trinajstić information content (AvgIpc) is 2.90. The molecule has 20 heavy (non-hydrogen) atoms. The molecule has 1 fully saturated rings. The Bertz CT molecular complexity index is 413. The smallest absolute Gasteiger partial charge is 0.137 e. The van der Waals surface area contributed by atoms with E-state index in [1.54, 1.807) is 17.8 Å². The Morgan fingerprint density at radius 1 is 1.30 bits per heavy atom. The van der Waals surface area contributed by atoms with Crippen molar-refractivity contribution >= 4 is 11.8 Å². The highest BCUT2D eigenvalue weighted by molar-refractivity contribution is 7.99. The molecule has 0 spiro atoms. The van der Waals surface area contributed by atoms with E-state index >= 15 is 0 Å². The number of halogens is 1. The molecule has 1 aliphatic rings. The maximum absolute atomic E-state index is 14.1. The summed E-state index contributed by atoms with van der Waals surface area (Å²) in [5.41, 5.74) is 1.04. The van der Waals surface area contributed by atoms with Crippen LogP contribution in [0.2, 0.25) is 0 Å². The summed E-state index contributed by atoms with van der Waals surface area (Å²) >= 11 is 1.69. The van der Waals surface area contributed by atoms with Crippen molar-refractivity contribution in [3.05, 3.63) is 29.6 Å². The van der Waals surface area contributed by atoms with E-state index in [0.29, 0.717) is 5.92 Å². The topological polar surface area (TPSA) is 12.0 Å². The lowest BCUT2D eigenvalue weighted by Crippen LogP contribution is -2.19. The molecule has 0 unspecified atom stereocenters. The Kier molecular flexibility index (Phi) is 6.37. The number of benzene rings is 1. The van der Waals surface area contributed by atoms with Crippen molar-refractivity contribution in [3.8, 4) is 0 Å². The lowest BCUT2D eigenvalue weighted by Gasteiger charge is -2.11. The minimum absolute atomic E-state index is 0.0585. The van der Waals surface area contributed by atoms with Gasteiger partial charge in [-0.1, -0.05) is 32.8 Å². The monoisotopic (exact) mass is 295 g/mol. The number of hydrogen-bond acceptors (Lipinski definition) is 2. The van der Waals surface area contributed by atoms with E-state index in [1.807, 2.05) is 12.1 Å². The molecule has 1 N–H and O–H groups in total. The fourth-order valence-electron chi connectivity index (χ4n) is 2.66. The molecule has 0 aliphatic heterocycles. The third-order valence-electron chi connectivity index (χ3n) is 3.83. The second-order valence-corrected chi connectivity index (χ2v) is 7.31. The molecular weight excluding hydrogens is 269 g/mol. The van der Waals surface area contributed by atoms with Crippen LogP contribution in [0.25, 0.3) is 0 Å². The SMILES string of the molecule is CC(C)CNCc1ccc(SCC2CCCC2)c(F)c1. The first kappa shape index (κ1) is 15.8. The van der Waals surface area contributed by atoms with Crippen molar-refractivity contribution in [2.45, 2.75) is 51.0 Å². The largest absolute Gasteiger partial charge is 0.312 e. The average molecular weight is 295 g/mol. The van der Waals surface area contributed by atoms with Crippen LogP contribution in [0.15, 0.2) is 23.1 Å². The minimum atomic E-state index is -0.0585. The van der Waals surface area contributed by atoms with Gasteiger partial charge in [0.15, 0.2) is 0 Å². The molecule has 0 saturated heterocycles. The maximum Gasteiger partial charge on any atom is 0.137 e.